The Balaban J connectivity index is 2.32. The van der Waals surface area contributed by atoms with Crippen LogP contribution in [0.25, 0.3) is 0 Å². The molecule has 1 aromatic rings. The maximum atomic E-state index is 3.70. The zero-order valence-corrected chi connectivity index (χ0v) is 9.30. The van der Waals surface area contributed by atoms with Gasteiger partial charge in [0.25, 0.3) is 0 Å². The molecule has 0 aromatic heterocycles. The zero-order chi connectivity index (χ0) is 10.2. The SMILES string of the molecule is CCC1(C(C)C)Cc2ccccc2N1. The van der Waals surface area contributed by atoms with E-state index in [1.54, 1.807) is 0 Å². The van der Waals surface area contributed by atoms with Crippen LogP contribution in [0.2, 0.25) is 0 Å². The van der Waals surface area contributed by atoms with Crippen molar-refractivity contribution in [3.05, 3.63) is 29.8 Å². The fraction of sp³-hybridized carbons (Fsp3) is 0.538. The van der Waals surface area contributed by atoms with Gasteiger partial charge < -0.3 is 5.32 Å². The summed E-state index contributed by atoms with van der Waals surface area (Å²) in [4.78, 5) is 0. The van der Waals surface area contributed by atoms with Crippen molar-refractivity contribution in [1.29, 1.82) is 0 Å². The van der Waals surface area contributed by atoms with Crippen molar-refractivity contribution in [1.82, 2.24) is 0 Å². The van der Waals surface area contributed by atoms with E-state index >= 15 is 0 Å². The second-order valence-corrected chi connectivity index (χ2v) is 4.62. The van der Waals surface area contributed by atoms with E-state index in [2.05, 4.69) is 50.4 Å². The second kappa shape index (κ2) is 3.30. The number of benzene rings is 1. The van der Waals surface area contributed by atoms with Crippen LogP contribution in [0.1, 0.15) is 32.8 Å². The Morgan fingerprint density at radius 3 is 2.64 bits per heavy atom. The lowest BCUT2D eigenvalue weighted by atomic mass is 9.82. The predicted molar refractivity (Wildman–Crippen MR) is 61.6 cm³/mol. The molecule has 1 aliphatic rings. The summed E-state index contributed by atoms with van der Waals surface area (Å²) in [5, 5.41) is 3.70. The molecule has 0 saturated heterocycles. The molecule has 76 valence electrons. The van der Waals surface area contributed by atoms with Crippen LogP contribution in [0, 0.1) is 5.92 Å². The normalized spacial score (nSPS) is 24.9. The van der Waals surface area contributed by atoms with Crippen LogP contribution in [0.4, 0.5) is 5.69 Å². The largest absolute Gasteiger partial charge is 0.379 e. The Morgan fingerprint density at radius 1 is 1.36 bits per heavy atom. The number of para-hydroxylation sites is 1. The molecule has 0 saturated carbocycles. The van der Waals surface area contributed by atoms with Gasteiger partial charge in [0.1, 0.15) is 0 Å². The Morgan fingerprint density at radius 2 is 2.07 bits per heavy atom. The number of fused-ring (bicyclic) bond motifs is 1. The van der Waals surface area contributed by atoms with E-state index in [-0.39, 0.29) is 0 Å². The Kier molecular flexibility index (Phi) is 2.26. The maximum absolute atomic E-state index is 3.70. The third kappa shape index (κ3) is 1.31. The lowest BCUT2D eigenvalue weighted by Crippen LogP contribution is -2.41. The predicted octanol–water partition coefficient (Wildman–Crippen LogP) is 3.46. The Hall–Kier alpha value is -0.980. The first-order valence-electron chi connectivity index (χ1n) is 5.54. The molecule has 1 aliphatic heterocycles. The van der Waals surface area contributed by atoms with Gasteiger partial charge in [-0.2, -0.15) is 0 Å². The van der Waals surface area contributed by atoms with Gasteiger partial charge >= 0.3 is 0 Å². The standard InChI is InChI=1S/C13H19N/c1-4-13(10(2)3)9-11-7-5-6-8-12(11)14-13/h5-8,10,14H,4,9H2,1-3H3. The molecule has 0 aliphatic carbocycles. The second-order valence-electron chi connectivity index (χ2n) is 4.62. The summed E-state index contributed by atoms with van der Waals surface area (Å²) < 4.78 is 0. The molecule has 1 aromatic carbocycles. The number of nitrogens with one attached hydrogen (secondary N) is 1. The van der Waals surface area contributed by atoms with Crippen molar-refractivity contribution < 1.29 is 0 Å². The highest BCUT2D eigenvalue weighted by atomic mass is 15.0. The highest BCUT2D eigenvalue weighted by Crippen LogP contribution is 2.38. The molecule has 1 unspecified atom stereocenters. The van der Waals surface area contributed by atoms with Crippen molar-refractivity contribution in [2.24, 2.45) is 5.92 Å². The smallest absolute Gasteiger partial charge is 0.0435 e. The van der Waals surface area contributed by atoms with Crippen molar-refractivity contribution >= 4 is 5.69 Å². The van der Waals surface area contributed by atoms with Crippen molar-refractivity contribution in [2.45, 2.75) is 39.2 Å². The molecule has 1 N–H and O–H groups in total. The van der Waals surface area contributed by atoms with Gasteiger partial charge in [0.15, 0.2) is 0 Å². The van der Waals surface area contributed by atoms with Gasteiger partial charge in [-0.1, -0.05) is 39.0 Å². The van der Waals surface area contributed by atoms with Gasteiger partial charge in [0.2, 0.25) is 0 Å². The quantitative estimate of drug-likeness (QED) is 0.751. The van der Waals surface area contributed by atoms with E-state index in [1.165, 1.54) is 24.1 Å². The molecule has 14 heavy (non-hydrogen) atoms. The summed E-state index contributed by atoms with van der Waals surface area (Å²) in [6.45, 7) is 6.89. The molecule has 1 nitrogen and oxygen atoms in total. The van der Waals surface area contributed by atoms with Crippen molar-refractivity contribution in [3.8, 4) is 0 Å². The zero-order valence-electron chi connectivity index (χ0n) is 9.30. The molecular formula is C13H19N. The molecular weight excluding hydrogens is 170 g/mol. The van der Waals surface area contributed by atoms with Gasteiger partial charge in [-0.25, -0.2) is 0 Å². The summed E-state index contributed by atoms with van der Waals surface area (Å²) in [6.07, 6.45) is 2.37. The molecule has 0 amide bonds. The Bertz CT molecular complexity index is 303. The Labute approximate surface area is 86.5 Å². The summed E-state index contributed by atoms with van der Waals surface area (Å²) in [7, 11) is 0. The molecule has 0 bridgehead atoms. The molecule has 0 fully saturated rings. The summed E-state index contributed by atoms with van der Waals surface area (Å²) in [5.74, 6) is 0.680. The minimum Gasteiger partial charge on any atom is -0.379 e. The van der Waals surface area contributed by atoms with Crippen LogP contribution in [-0.4, -0.2) is 5.54 Å². The average molecular weight is 189 g/mol. The van der Waals surface area contributed by atoms with Crippen LogP contribution < -0.4 is 5.32 Å². The summed E-state index contributed by atoms with van der Waals surface area (Å²) in [6, 6.07) is 8.67. The highest BCUT2D eigenvalue weighted by molar-refractivity contribution is 5.59. The van der Waals surface area contributed by atoms with E-state index < -0.39 is 0 Å². The maximum Gasteiger partial charge on any atom is 0.0435 e. The van der Waals surface area contributed by atoms with Crippen LogP contribution in [-0.2, 0) is 6.42 Å². The van der Waals surface area contributed by atoms with E-state index in [0.29, 0.717) is 11.5 Å². The topological polar surface area (TPSA) is 12.0 Å². The number of rotatable bonds is 2. The number of hydrogen-bond acceptors (Lipinski definition) is 1. The third-order valence-corrected chi connectivity index (χ3v) is 3.64. The van der Waals surface area contributed by atoms with Crippen molar-refractivity contribution in [2.75, 3.05) is 5.32 Å². The van der Waals surface area contributed by atoms with Crippen LogP contribution in [0.15, 0.2) is 24.3 Å². The first-order valence-corrected chi connectivity index (χ1v) is 5.54. The molecule has 1 heterocycles. The highest BCUT2D eigenvalue weighted by Gasteiger charge is 2.37. The minimum atomic E-state index is 0.295. The summed E-state index contributed by atoms with van der Waals surface area (Å²) >= 11 is 0. The fourth-order valence-corrected chi connectivity index (χ4v) is 2.42. The van der Waals surface area contributed by atoms with E-state index in [1.807, 2.05) is 0 Å². The van der Waals surface area contributed by atoms with Gasteiger partial charge in [0, 0.05) is 11.2 Å². The first kappa shape index (κ1) is 9.57. The number of anilines is 1. The minimum absolute atomic E-state index is 0.295. The first-order chi connectivity index (χ1) is 6.68. The lowest BCUT2D eigenvalue weighted by Gasteiger charge is -2.33. The lowest BCUT2D eigenvalue weighted by molar-refractivity contribution is 0.341. The van der Waals surface area contributed by atoms with E-state index in [4.69, 9.17) is 0 Å². The molecule has 1 heteroatoms. The van der Waals surface area contributed by atoms with Gasteiger partial charge in [0.05, 0.1) is 0 Å². The van der Waals surface area contributed by atoms with Crippen LogP contribution in [0.5, 0.6) is 0 Å². The fourth-order valence-electron chi connectivity index (χ4n) is 2.42. The van der Waals surface area contributed by atoms with Crippen LogP contribution >= 0.6 is 0 Å². The van der Waals surface area contributed by atoms with E-state index in [0.717, 1.165) is 0 Å². The van der Waals surface area contributed by atoms with Gasteiger partial charge in [-0.15, -0.1) is 0 Å². The van der Waals surface area contributed by atoms with Gasteiger partial charge in [-0.3, -0.25) is 0 Å². The number of hydrogen-bond donors (Lipinski definition) is 1. The summed E-state index contributed by atoms with van der Waals surface area (Å²) in [5.41, 5.74) is 3.11. The van der Waals surface area contributed by atoms with Crippen molar-refractivity contribution in [3.63, 3.8) is 0 Å². The third-order valence-electron chi connectivity index (χ3n) is 3.64. The van der Waals surface area contributed by atoms with E-state index in [9.17, 15) is 0 Å². The van der Waals surface area contributed by atoms with Crippen LogP contribution in [0.3, 0.4) is 0 Å². The average Bonchev–Trinajstić information content (AvgIpc) is 2.57. The molecule has 0 spiro atoms. The van der Waals surface area contributed by atoms with Gasteiger partial charge in [-0.05, 0) is 30.4 Å². The molecule has 2 rings (SSSR count). The molecule has 1 atom stereocenters. The molecule has 0 radical (unpaired) electrons. The monoisotopic (exact) mass is 189 g/mol.